The van der Waals surface area contributed by atoms with Crippen LogP contribution in [0.2, 0.25) is 0 Å². The van der Waals surface area contributed by atoms with Crippen LogP contribution in [-0.4, -0.2) is 10.6 Å². The monoisotopic (exact) mass is 301 g/mol. The molecule has 1 atom stereocenters. The van der Waals surface area contributed by atoms with Crippen LogP contribution in [0.4, 0.5) is 0 Å². The second-order valence-electron chi connectivity index (χ2n) is 5.99. The molecule has 1 unspecified atom stereocenters. The van der Waals surface area contributed by atoms with Crippen LogP contribution in [0, 0.1) is 0 Å². The van der Waals surface area contributed by atoms with Gasteiger partial charge in [-0.1, -0.05) is 48.5 Å². The lowest BCUT2D eigenvalue weighted by Crippen LogP contribution is -2.39. The van der Waals surface area contributed by atoms with Crippen molar-refractivity contribution < 1.29 is 5.11 Å². The van der Waals surface area contributed by atoms with Crippen molar-refractivity contribution in [2.24, 2.45) is 5.73 Å². The molecule has 0 aliphatic carbocycles. The van der Waals surface area contributed by atoms with E-state index in [0.717, 1.165) is 10.9 Å². The van der Waals surface area contributed by atoms with Gasteiger partial charge in [0.05, 0.1) is 6.10 Å². The number of aliphatic hydroxyl groups excluding tert-OH is 1. The van der Waals surface area contributed by atoms with E-state index in [1.165, 1.54) is 16.2 Å². The number of nitrogens with two attached hydrogens (primary N) is 1. The molecule has 0 saturated heterocycles. The average molecular weight is 302 g/mol. The number of fused-ring (bicyclic) bond motifs is 3. The van der Waals surface area contributed by atoms with Crippen molar-refractivity contribution in [1.29, 1.82) is 0 Å². The molecule has 110 valence electrons. The number of benzene rings is 3. The van der Waals surface area contributed by atoms with Gasteiger partial charge < -0.3 is 10.8 Å². The molecule has 3 aromatic carbocycles. The first-order valence-corrected chi connectivity index (χ1v) is 6.85. The van der Waals surface area contributed by atoms with Gasteiger partial charge in [-0.05, 0) is 47.0 Å². The first kappa shape index (κ1) is 15.8. The van der Waals surface area contributed by atoms with E-state index in [9.17, 15) is 5.11 Å². The fourth-order valence-corrected chi connectivity index (χ4v) is 2.62. The number of hydrogen-bond acceptors (Lipinski definition) is 2. The van der Waals surface area contributed by atoms with Crippen LogP contribution in [0.15, 0.2) is 54.6 Å². The second-order valence-corrected chi connectivity index (χ2v) is 5.99. The quantitative estimate of drug-likeness (QED) is 0.697. The first-order valence-electron chi connectivity index (χ1n) is 6.85. The summed E-state index contributed by atoms with van der Waals surface area (Å²) >= 11 is 0. The molecule has 0 bridgehead atoms. The van der Waals surface area contributed by atoms with Crippen LogP contribution >= 0.6 is 12.4 Å². The zero-order valence-corrected chi connectivity index (χ0v) is 13.0. The molecular formula is C18H20ClNO. The smallest absolute Gasteiger partial charge is 0.0964 e. The molecule has 0 radical (unpaired) electrons. The van der Waals surface area contributed by atoms with E-state index >= 15 is 0 Å². The minimum atomic E-state index is -0.675. The van der Waals surface area contributed by atoms with Crippen LogP contribution in [0.3, 0.4) is 0 Å². The molecule has 3 N–H and O–H groups in total. The first-order chi connectivity index (χ1) is 9.47. The number of aliphatic hydroxyl groups is 1. The van der Waals surface area contributed by atoms with Crippen LogP contribution in [0.1, 0.15) is 25.5 Å². The Morgan fingerprint density at radius 3 is 2.14 bits per heavy atom. The lowest BCUT2D eigenvalue weighted by atomic mass is 9.90. The highest BCUT2D eigenvalue weighted by atomic mass is 35.5. The molecule has 0 saturated carbocycles. The molecule has 0 spiro atoms. The van der Waals surface area contributed by atoms with Gasteiger partial charge in [0, 0.05) is 5.54 Å². The molecule has 3 aromatic rings. The zero-order chi connectivity index (χ0) is 14.3. The molecule has 0 fully saturated rings. The SMILES string of the molecule is CC(C)(N)C(O)c1ccc2ccc3ccccc3c2c1.Cl. The maximum atomic E-state index is 10.4. The third-order valence-electron chi connectivity index (χ3n) is 3.79. The Morgan fingerprint density at radius 2 is 1.48 bits per heavy atom. The summed E-state index contributed by atoms with van der Waals surface area (Å²) in [5.74, 6) is 0. The maximum Gasteiger partial charge on any atom is 0.0964 e. The maximum absolute atomic E-state index is 10.4. The highest BCUT2D eigenvalue weighted by Gasteiger charge is 2.24. The van der Waals surface area contributed by atoms with Crippen LogP contribution < -0.4 is 5.73 Å². The summed E-state index contributed by atoms with van der Waals surface area (Å²) in [5.41, 5.74) is 6.23. The lowest BCUT2D eigenvalue weighted by molar-refractivity contribution is 0.105. The van der Waals surface area contributed by atoms with Gasteiger partial charge in [0.1, 0.15) is 0 Å². The van der Waals surface area contributed by atoms with Crippen molar-refractivity contribution in [1.82, 2.24) is 0 Å². The van der Waals surface area contributed by atoms with E-state index in [1.54, 1.807) is 0 Å². The van der Waals surface area contributed by atoms with E-state index in [4.69, 9.17) is 5.73 Å². The standard InChI is InChI=1S/C18H19NO.ClH/c1-18(2,19)17(20)14-10-9-13-8-7-12-5-3-4-6-15(12)16(13)11-14;/h3-11,17,20H,19H2,1-2H3;1H. The van der Waals surface area contributed by atoms with E-state index in [0.29, 0.717) is 0 Å². The molecule has 0 heterocycles. The largest absolute Gasteiger partial charge is 0.387 e. The predicted molar refractivity (Wildman–Crippen MR) is 91.9 cm³/mol. The van der Waals surface area contributed by atoms with Crippen LogP contribution in [-0.2, 0) is 0 Å². The summed E-state index contributed by atoms with van der Waals surface area (Å²) in [6.07, 6.45) is -0.675. The molecule has 0 aliphatic rings. The minimum Gasteiger partial charge on any atom is -0.387 e. The third kappa shape index (κ3) is 2.88. The fraction of sp³-hybridized carbons (Fsp3) is 0.222. The molecule has 0 amide bonds. The van der Waals surface area contributed by atoms with Crippen LogP contribution in [0.5, 0.6) is 0 Å². The topological polar surface area (TPSA) is 46.2 Å². The van der Waals surface area contributed by atoms with Gasteiger partial charge in [-0.3, -0.25) is 0 Å². The summed E-state index contributed by atoms with van der Waals surface area (Å²) in [5, 5.41) is 15.1. The molecule has 2 nitrogen and oxygen atoms in total. The van der Waals surface area contributed by atoms with Crippen molar-refractivity contribution in [2.75, 3.05) is 0 Å². The number of hydrogen-bond donors (Lipinski definition) is 2. The van der Waals surface area contributed by atoms with Crippen molar-refractivity contribution in [3.8, 4) is 0 Å². The third-order valence-corrected chi connectivity index (χ3v) is 3.79. The summed E-state index contributed by atoms with van der Waals surface area (Å²) in [7, 11) is 0. The van der Waals surface area contributed by atoms with E-state index in [1.807, 2.05) is 38.1 Å². The zero-order valence-electron chi connectivity index (χ0n) is 12.2. The highest BCUT2D eigenvalue weighted by Crippen LogP contribution is 2.30. The fourth-order valence-electron chi connectivity index (χ4n) is 2.62. The molecule has 3 heteroatoms. The Labute approximate surface area is 131 Å². The van der Waals surface area contributed by atoms with Gasteiger partial charge in [0.15, 0.2) is 0 Å². The van der Waals surface area contributed by atoms with Gasteiger partial charge in [-0.25, -0.2) is 0 Å². The van der Waals surface area contributed by atoms with Crippen molar-refractivity contribution >= 4 is 34.0 Å². The van der Waals surface area contributed by atoms with E-state index < -0.39 is 11.6 Å². The second kappa shape index (κ2) is 5.64. The van der Waals surface area contributed by atoms with Crippen LogP contribution in [0.25, 0.3) is 21.5 Å². The lowest BCUT2D eigenvalue weighted by Gasteiger charge is -2.26. The van der Waals surface area contributed by atoms with Gasteiger partial charge >= 0.3 is 0 Å². The van der Waals surface area contributed by atoms with Crippen molar-refractivity contribution in [3.05, 3.63) is 60.2 Å². The molecule has 0 aromatic heterocycles. The van der Waals surface area contributed by atoms with Crippen molar-refractivity contribution in [3.63, 3.8) is 0 Å². The molecular weight excluding hydrogens is 282 g/mol. The van der Waals surface area contributed by atoms with E-state index in [2.05, 4.69) is 30.3 Å². The van der Waals surface area contributed by atoms with Gasteiger partial charge in [0.2, 0.25) is 0 Å². The molecule has 21 heavy (non-hydrogen) atoms. The van der Waals surface area contributed by atoms with Gasteiger partial charge in [0.25, 0.3) is 0 Å². The summed E-state index contributed by atoms with van der Waals surface area (Å²) in [6, 6.07) is 18.6. The summed E-state index contributed by atoms with van der Waals surface area (Å²) < 4.78 is 0. The van der Waals surface area contributed by atoms with E-state index in [-0.39, 0.29) is 12.4 Å². The summed E-state index contributed by atoms with van der Waals surface area (Å²) in [6.45, 7) is 3.68. The summed E-state index contributed by atoms with van der Waals surface area (Å²) in [4.78, 5) is 0. The number of rotatable bonds is 2. The average Bonchev–Trinajstić information content (AvgIpc) is 2.45. The number of halogens is 1. The Morgan fingerprint density at radius 1 is 0.905 bits per heavy atom. The normalized spacial score (nSPS) is 13.1. The van der Waals surface area contributed by atoms with Crippen molar-refractivity contribution in [2.45, 2.75) is 25.5 Å². The molecule has 3 rings (SSSR count). The van der Waals surface area contributed by atoms with Gasteiger partial charge in [-0.15, -0.1) is 12.4 Å². The molecule has 0 aliphatic heterocycles. The Kier molecular flexibility index (Phi) is 4.24. The predicted octanol–water partition coefficient (Wildman–Crippen LogP) is 4.19. The minimum absolute atomic E-state index is 0. The Bertz CT molecular complexity index is 777. The Hall–Kier alpha value is -1.61. The Balaban J connectivity index is 0.00000161. The van der Waals surface area contributed by atoms with Gasteiger partial charge in [-0.2, -0.15) is 0 Å². The highest BCUT2D eigenvalue weighted by molar-refractivity contribution is 6.07.